The third kappa shape index (κ3) is 1.87. The minimum Gasteiger partial charge on any atom is -0.255 e. The van der Waals surface area contributed by atoms with Crippen molar-refractivity contribution in [1.82, 2.24) is 0 Å². The fourth-order valence-corrected chi connectivity index (χ4v) is 0.871. The van der Waals surface area contributed by atoms with Crippen LogP contribution in [0.2, 0.25) is 0 Å². The first-order valence-electron chi connectivity index (χ1n) is 3.53. The fraction of sp³-hybridized carbons (Fsp3) is 0.222. The molecule has 0 aliphatic carbocycles. The Kier molecular flexibility index (Phi) is 2.36. The fourth-order valence-electron chi connectivity index (χ4n) is 0.871. The molecule has 0 aliphatic rings. The molecule has 1 aromatic carbocycles. The van der Waals surface area contributed by atoms with Crippen LogP contribution in [0.3, 0.4) is 0 Å². The number of aryl methyl sites for hydroxylation is 1. The van der Waals surface area contributed by atoms with Gasteiger partial charge in [0, 0.05) is 0 Å². The van der Waals surface area contributed by atoms with Gasteiger partial charge in [-0.05, 0) is 24.1 Å². The van der Waals surface area contributed by atoms with Gasteiger partial charge in [-0.3, -0.25) is 4.79 Å². The number of carbonyl (C=O) groups is 1. The highest BCUT2D eigenvalue weighted by molar-refractivity contribution is 5.88. The van der Waals surface area contributed by atoms with Gasteiger partial charge in [-0.1, -0.05) is 19.1 Å². The quantitative estimate of drug-likeness (QED) is 0.594. The molecule has 1 rings (SSSR count). The number of carbonyl (C=O) groups excluding carboxylic acids is 1. The molecule has 0 heterocycles. The average Bonchev–Trinajstić information content (AvgIpc) is 2.05. The normalized spacial score (nSPS) is 9.64. The van der Waals surface area contributed by atoms with Crippen LogP contribution in [0.5, 0.6) is 0 Å². The molecule has 2 heteroatoms. The van der Waals surface area contributed by atoms with Crippen molar-refractivity contribution in [3.63, 3.8) is 0 Å². The van der Waals surface area contributed by atoms with Crippen molar-refractivity contribution >= 4 is 6.04 Å². The molecule has 0 fully saturated rings. The van der Waals surface area contributed by atoms with Crippen LogP contribution in [0, 0.1) is 0 Å². The van der Waals surface area contributed by atoms with Gasteiger partial charge < -0.3 is 0 Å². The zero-order valence-corrected chi connectivity index (χ0v) is 6.30. The molecule has 0 saturated carbocycles. The predicted octanol–water partition coefficient (Wildman–Crippen LogP) is 2.36. The molecule has 58 valence electrons. The van der Waals surface area contributed by atoms with E-state index in [1.807, 2.05) is 6.92 Å². The van der Waals surface area contributed by atoms with Gasteiger partial charge in [0.15, 0.2) is 0 Å². The molecule has 0 N–H and O–H groups in total. The third-order valence-electron chi connectivity index (χ3n) is 1.59. The highest BCUT2D eigenvalue weighted by Crippen LogP contribution is 2.05. The minimum atomic E-state index is -1.37. The van der Waals surface area contributed by atoms with Gasteiger partial charge in [0.05, 0.1) is 5.56 Å². The molecule has 0 aromatic heterocycles. The Hall–Kier alpha value is -1.18. The summed E-state index contributed by atoms with van der Waals surface area (Å²) in [4.78, 5) is 10.2. The molecule has 0 atom stereocenters. The first-order chi connectivity index (χ1) is 5.24. The molecule has 0 unspecified atom stereocenters. The van der Waals surface area contributed by atoms with Crippen LogP contribution < -0.4 is 0 Å². The Morgan fingerprint density at radius 3 is 2.27 bits per heavy atom. The summed E-state index contributed by atoms with van der Waals surface area (Å²) in [7, 11) is 0. The van der Waals surface area contributed by atoms with Crippen molar-refractivity contribution in [2.45, 2.75) is 13.3 Å². The smallest absolute Gasteiger partial charge is 0.255 e. The lowest BCUT2D eigenvalue weighted by Gasteiger charge is -1.95. The first kappa shape index (κ1) is 7.92. The Morgan fingerprint density at radius 2 is 1.91 bits per heavy atom. The van der Waals surface area contributed by atoms with E-state index in [-0.39, 0.29) is 5.56 Å². The molecule has 0 saturated heterocycles. The van der Waals surface area contributed by atoms with Crippen molar-refractivity contribution in [1.29, 1.82) is 0 Å². The monoisotopic (exact) mass is 152 g/mol. The van der Waals surface area contributed by atoms with E-state index in [9.17, 15) is 9.18 Å². The first-order valence-corrected chi connectivity index (χ1v) is 3.53. The Balaban J connectivity index is 2.91. The molecule has 0 amide bonds. The Bertz CT molecular complexity index is 251. The van der Waals surface area contributed by atoms with E-state index < -0.39 is 6.04 Å². The molecule has 0 bridgehead atoms. The van der Waals surface area contributed by atoms with Crippen LogP contribution in [-0.4, -0.2) is 6.04 Å². The average molecular weight is 152 g/mol. The lowest BCUT2D eigenvalue weighted by atomic mass is 10.1. The summed E-state index contributed by atoms with van der Waals surface area (Å²) < 4.78 is 12.0. The van der Waals surface area contributed by atoms with Crippen molar-refractivity contribution in [2.24, 2.45) is 0 Å². The van der Waals surface area contributed by atoms with Gasteiger partial charge >= 0.3 is 6.04 Å². The van der Waals surface area contributed by atoms with Crippen molar-refractivity contribution in [3.8, 4) is 0 Å². The van der Waals surface area contributed by atoms with Crippen LogP contribution in [0.15, 0.2) is 24.3 Å². The summed E-state index contributed by atoms with van der Waals surface area (Å²) in [6.07, 6.45) is 0.904. The summed E-state index contributed by atoms with van der Waals surface area (Å²) in [5, 5.41) is 0. The number of rotatable bonds is 2. The molecule has 1 aromatic rings. The summed E-state index contributed by atoms with van der Waals surface area (Å²) in [6, 6.07) is 5.15. The SMILES string of the molecule is CCc1ccc(C(=O)F)cc1. The summed E-state index contributed by atoms with van der Waals surface area (Å²) in [5.41, 5.74) is 1.23. The van der Waals surface area contributed by atoms with E-state index in [2.05, 4.69) is 0 Å². The van der Waals surface area contributed by atoms with E-state index in [4.69, 9.17) is 0 Å². The number of hydrogen-bond acceptors (Lipinski definition) is 1. The molecule has 11 heavy (non-hydrogen) atoms. The molecule has 0 aliphatic heterocycles. The second-order valence-corrected chi connectivity index (χ2v) is 2.32. The maximum atomic E-state index is 12.0. The van der Waals surface area contributed by atoms with Gasteiger partial charge in [0.1, 0.15) is 0 Å². The molecular formula is C9H9FO. The number of benzene rings is 1. The predicted molar refractivity (Wildman–Crippen MR) is 41.3 cm³/mol. The molecule has 1 nitrogen and oxygen atoms in total. The standard InChI is InChI=1S/C9H9FO/c1-2-7-3-5-8(6-4-7)9(10)11/h3-6H,2H2,1H3. The largest absolute Gasteiger partial charge is 0.332 e. The van der Waals surface area contributed by atoms with E-state index in [0.29, 0.717) is 0 Å². The van der Waals surface area contributed by atoms with Crippen LogP contribution in [0.1, 0.15) is 22.8 Å². The van der Waals surface area contributed by atoms with Gasteiger partial charge in [-0.15, -0.1) is 0 Å². The summed E-state index contributed by atoms with van der Waals surface area (Å²) >= 11 is 0. The zero-order valence-electron chi connectivity index (χ0n) is 6.30. The molecule has 0 radical (unpaired) electrons. The van der Waals surface area contributed by atoms with Crippen molar-refractivity contribution in [3.05, 3.63) is 35.4 Å². The van der Waals surface area contributed by atoms with Crippen LogP contribution in [0.25, 0.3) is 0 Å². The highest BCUT2D eigenvalue weighted by Gasteiger charge is 2.00. The Morgan fingerprint density at radius 1 is 1.36 bits per heavy atom. The topological polar surface area (TPSA) is 17.1 Å². The zero-order chi connectivity index (χ0) is 8.27. The van der Waals surface area contributed by atoms with E-state index >= 15 is 0 Å². The minimum absolute atomic E-state index is 0.127. The van der Waals surface area contributed by atoms with Crippen LogP contribution in [-0.2, 0) is 6.42 Å². The van der Waals surface area contributed by atoms with E-state index in [0.717, 1.165) is 12.0 Å². The van der Waals surface area contributed by atoms with Crippen LogP contribution >= 0.6 is 0 Å². The maximum absolute atomic E-state index is 12.0. The second kappa shape index (κ2) is 3.28. The second-order valence-electron chi connectivity index (χ2n) is 2.32. The van der Waals surface area contributed by atoms with Gasteiger partial charge in [0.2, 0.25) is 0 Å². The van der Waals surface area contributed by atoms with E-state index in [1.165, 1.54) is 12.1 Å². The summed E-state index contributed by atoms with van der Waals surface area (Å²) in [6.45, 7) is 2.01. The van der Waals surface area contributed by atoms with Crippen molar-refractivity contribution < 1.29 is 9.18 Å². The maximum Gasteiger partial charge on any atom is 0.332 e. The highest BCUT2D eigenvalue weighted by atomic mass is 19.1. The number of halogens is 1. The summed E-state index contributed by atoms with van der Waals surface area (Å²) in [5.74, 6) is 0. The lowest BCUT2D eigenvalue weighted by molar-refractivity contribution is 0.0836. The van der Waals surface area contributed by atoms with Gasteiger partial charge in [0.25, 0.3) is 0 Å². The lowest BCUT2D eigenvalue weighted by Crippen LogP contribution is -1.89. The Labute approximate surface area is 64.9 Å². The third-order valence-corrected chi connectivity index (χ3v) is 1.59. The van der Waals surface area contributed by atoms with Gasteiger partial charge in [-0.25, -0.2) is 0 Å². The molecule has 0 spiro atoms. The number of hydrogen-bond donors (Lipinski definition) is 0. The van der Waals surface area contributed by atoms with Crippen LogP contribution in [0.4, 0.5) is 4.39 Å². The van der Waals surface area contributed by atoms with Gasteiger partial charge in [-0.2, -0.15) is 4.39 Å². The van der Waals surface area contributed by atoms with E-state index in [1.54, 1.807) is 12.1 Å². The molecular weight excluding hydrogens is 143 g/mol. The van der Waals surface area contributed by atoms with Crippen molar-refractivity contribution in [2.75, 3.05) is 0 Å².